The second-order valence-corrected chi connectivity index (χ2v) is 6.89. The Morgan fingerprint density at radius 2 is 2.24 bits per heavy atom. The van der Waals surface area contributed by atoms with E-state index in [9.17, 15) is 9.59 Å². The zero-order valence-corrected chi connectivity index (χ0v) is 13.4. The lowest BCUT2D eigenvalue weighted by Crippen LogP contribution is -2.39. The van der Waals surface area contributed by atoms with E-state index in [1.54, 1.807) is 7.05 Å². The van der Waals surface area contributed by atoms with Crippen molar-refractivity contribution >= 4 is 27.5 Å². The first-order valence-electron chi connectivity index (χ1n) is 7.23. The van der Waals surface area contributed by atoms with Gasteiger partial charge in [-0.1, -0.05) is 6.92 Å². The number of hydrogen-bond acceptors (Lipinski definition) is 4. The third kappa shape index (κ3) is 2.37. The van der Waals surface area contributed by atoms with E-state index in [0.717, 1.165) is 25.1 Å². The number of likely N-dealkylation sites (tertiary alicyclic amines) is 1. The first-order valence-corrected chi connectivity index (χ1v) is 8.04. The maximum absolute atomic E-state index is 12.7. The van der Waals surface area contributed by atoms with Crippen LogP contribution in [0.3, 0.4) is 0 Å². The van der Waals surface area contributed by atoms with Gasteiger partial charge in [0.25, 0.3) is 11.5 Å². The molecule has 3 heterocycles. The van der Waals surface area contributed by atoms with Gasteiger partial charge in [0.05, 0.1) is 16.6 Å². The number of piperidine rings is 1. The average Bonchev–Trinajstić information content (AvgIpc) is 2.80. The molecule has 2 aromatic heterocycles. The highest BCUT2D eigenvalue weighted by Crippen LogP contribution is 2.29. The fourth-order valence-corrected chi connectivity index (χ4v) is 4.04. The van der Waals surface area contributed by atoms with Crippen molar-refractivity contribution in [1.82, 2.24) is 14.5 Å². The Bertz CT molecular complexity index is 762. The summed E-state index contributed by atoms with van der Waals surface area (Å²) in [7, 11) is 1.68. The Morgan fingerprint density at radius 3 is 2.95 bits per heavy atom. The molecule has 1 amide bonds. The van der Waals surface area contributed by atoms with E-state index >= 15 is 0 Å². The number of amides is 1. The molecule has 0 bridgehead atoms. The first-order chi connectivity index (χ1) is 9.99. The molecule has 1 unspecified atom stereocenters. The largest absolute Gasteiger partial charge is 0.338 e. The molecule has 5 nitrogen and oxygen atoms in total. The first kappa shape index (κ1) is 14.3. The van der Waals surface area contributed by atoms with Crippen LogP contribution in [0.15, 0.2) is 11.1 Å². The molecule has 0 aliphatic carbocycles. The van der Waals surface area contributed by atoms with Gasteiger partial charge in [0.2, 0.25) is 0 Å². The summed E-state index contributed by atoms with van der Waals surface area (Å²) in [6, 6.07) is 0. The Kier molecular flexibility index (Phi) is 3.57. The van der Waals surface area contributed by atoms with Gasteiger partial charge in [-0.05, 0) is 31.2 Å². The minimum Gasteiger partial charge on any atom is -0.338 e. The maximum atomic E-state index is 12.7. The summed E-state index contributed by atoms with van der Waals surface area (Å²) in [5, 5.41) is 0.582. The summed E-state index contributed by atoms with van der Waals surface area (Å²) >= 11 is 1.33. The Balaban J connectivity index is 2.05. The summed E-state index contributed by atoms with van der Waals surface area (Å²) in [5.74, 6) is 0.590. The molecule has 21 heavy (non-hydrogen) atoms. The normalized spacial score (nSPS) is 19.2. The number of carbonyl (C=O) groups is 1. The van der Waals surface area contributed by atoms with Crippen LogP contribution in [0.1, 0.15) is 35.0 Å². The molecule has 1 atom stereocenters. The molecule has 0 N–H and O–H groups in total. The SMILES string of the molecule is Cc1c(C(=O)N2CCCC(C)C2)sc2ncn(C)c(=O)c12. The Morgan fingerprint density at radius 1 is 1.48 bits per heavy atom. The molecule has 1 saturated heterocycles. The molecular formula is C15H19N3O2S. The van der Waals surface area contributed by atoms with Gasteiger partial charge in [-0.25, -0.2) is 4.98 Å². The minimum atomic E-state index is -0.0835. The van der Waals surface area contributed by atoms with Crippen LogP contribution in [-0.2, 0) is 7.05 Å². The summed E-state index contributed by atoms with van der Waals surface area (Å²) in [5.41, 5.74) is 0.687. The number of nitrogens with zero attached hydrogens (tertiary/aromatic N) is 3. The van der Waals surface area contributed by atoms with Crippen LogP contribution in [0, 0.1) is 12.8 Å². The van der Waals surface area contributed by atoms with Crippen LogP contribution in [0.25, 0.3) is 10.2 Å². The van der Waals surface area contributed by atoms with Crippen molar-refractivity contribution < 1.29 is 4.79 Å². The predicted molar refractivity (Wildman–Crippen MR) is 83.9 cm³/mol. The van der Waals surface area contributed by atoms with Crippen molar-refractivity contribution in [3.8, 4) is 0 Å². The molecule has 0 saturated carbocycles. The number of hydrogen-bond donors (Lipinski definition) is 0. The quantitative estimate of drug-likeness (QED) is 0.811. The van der Waals surface area contributed by atoms with Crippen LogP contribution in [0.4, 0.5) is 0 Å². The van der Waals surface area contributed by atoms with Gasteiger partial charge < -0.3 is 9.47 Å². The van der Waals surface area contributed by atoms with Crippen LogP contribution in [0.5, 0.6) is 0 Å². The third-order valence-corrected chi connectivity index (χ3v) is 5.34. The van der Waals surface area contributed by atoms with E-state index < -0.39 is 0 Å². The van der Waals surface area contributed by atoms with Crippen LogP contribution in [-0.4, -0.2) is 33.4 Å². The summed E-state index contributed by atoms with van der Waals surface area (Å²) in [6.07, 6.45) is 3.74. The zero-order chi connectivity index (χ0) is 15.1. The highest BCUT2D eigenvalue weighted by atomic mass is 32.1. The van der Waals surface area contributed by atoms with Crippen molar-refractivity contribution in [2.75, 3.05) is 13.1 Å². The van der Waals surface area contributed by atoms with Crippen LogP contribution >= 0.6 is 11.3 Å². The van der Waals surface area contributed by atoms with Crippen molar-refractivity contribution in [2.45, 2.75) is 26.7 Å². The van der Waals surface area contributed by atoms with E-state index in [0.29, 0.717) is 21.0 Å². The molecule has 0 radical (unpaired) electrons. The fourth-order valence-electron chi connectivity index (χ4n) is 2.93. The number of rotatable bonds is 1. The third-order valence-electron chi connectivity index (χ3n) is 4.15. The number of aryl methyl sites for hydroxylation is 2. The topological polar surface area (TPSA) is 55.2 Å². The Labute approximate surface area is 127 Å². The smallest absolute Gasteiger partial charge is 0.264 e. The van der Waals surface area contributed by atoms with Crippen molar-refractivity contribution in [3.05, 3.63) is 27.1 Å². The Hall–Kier alpha value is -1.69. The molecule has 6 heteroatoms. The summed E-state index contributed by atoms with van der Waals surface area (Å²) in [6.45, 7) is 5.64. The predicted octanol–water partition coefficient (Wildman–Crippen LogP) is 2.18. The van der Waals surface area contributed by atoms with Gasteiger partial charge >= 0.3 is 0 Å². The highest BCUT2D eigenvalue weighted by molar-refractivity contribution is 7.20. The molecule has 1 fully saturated rings. The lowest BCUT2D eigenvalue weighted by atomic mass is 10.00. The van der Waals surface area contributed by atoms with Crippen LogP contribution in [0.2, 0.25) is 0 Å². The highest BCUT2D eigenvalue weighted by Gasteiger charge is 2.26. The standard InChI is InChI=1S/C15H19N3O2S/c1-9-5-4-6-18(7-9)15(20)12-10(2)11-13(21-12)16-8-17(3)14(11)19/h8-9H,4-7H2,1-3H3. The lowest BCUT2D eigenvalue weighted by Gasteiger charge is -2.30. The van der Waals surface area contributed by atoms with Crippen molar-refractivity contribution in [3.63, 3.8) is 0 Å². The molecule has 1 aliphatic rings. The van der Waals surface area contributed by atoms with Crippen molar-refractivity contribution in [1.29, 1.82) is 0 Å². The second kappa shape index (κ2) is 5.26. The average molecular weight is 305 g/mol. The monoisotopic (exact) mass is 305 g/mol. The summed E-state index contributed by atoms with van der Waals surface area (Å²) < 4.78 is 1.46. The molecule has 112 valence electrons. The van der Waals surface area contributed by atoms with Gasteiger partial charge in [-0.2, -0.15) is 0 Å². The lowest BCUT2D eigenvalue weighted by molar-refractivity contribution is 0.0687. The number of thiophene rings is 1. The summed E-state index contributed by atoms with van der Waals surface area (Å²) in [4.78, 5) is 32.5. The van der Waals surface area contributed by atoms with E-state index in [1.165, 1.54) is 28.7 Å². The van der Waals surface area contributed by atoms with E-state index in [4.69, 9.17) is 0 Å². The van der Waals surface area contributed by atoms with Gasteiger partial charge in [0.1, 0.15) is 4.83 Å². The van der Waals surface area contributed by atoms with Crippen molar-refractivity contribution in [2.24, 2.45) is 13.0 Å². The molecule has 1 aliphatic heterocycles. The second-order valence-electron chi connectivity index (χ2n) is 5.90. The minimum absolute atomic E-state index is 0.0455. The van der Waals surface area contributed by atoms with Gasteiger partial charge in [-0.15, -0.1) is 11.3 Å². The van der Waals surface area contributed by atoms with E-state index in [-0.39, 0.29) is 11.5 Å². The number of carbonyl (C=O) groups excluding carboxylic acids is 1. The maximum Gasteiger partial charge on any atom is 0.264 e. The number of aromatic nitrogens is 2. The molecule has 3 rings (SSSR count). The van der Waals surface area contributed by atoms with Crippen LogP contribution < -0.4 is 5.56 Å². The zero-order valence-electron chi connectivity index (χ0n) is 12.5. The van der Waals surface area contributed by atoms with Gasteiger partial charge in [0.15, 0.2) is 0 Å². The van der Waals surface area contributed by atoms with E-state index in [2.05, 4.69) is 11.9 Å². The molecule has 2 aromatic rings. The van der Waals surface area contributed by atoms with E-state index in [1.807, 2.05) is 11.8 Å². The molecule has 0 aromatic carbocycles. The molecular weight excluding hydrogens is 286 g/mol. The molecule has 0 spiro atoms. The van der Waals surface area contributed by atoms with Gasteiger partial charge in [0, 0.05) is 20.1 Å². The number of fused-ring (bicyclic) bond motifs is 1. The van der Waals surface area contributed by atoms with Gasteiger partial charge in [-0.3, -0.25) is 9.59 Å². The fraction of sp³-hybridized carbons (Fsp3) is 0.533.